The Morgan fingerprint density at radius 3 is 2.56 bits per heavy atom. The summed E-state index contributed by atoms with van der Waals surface area (Å²) in [6.45, 7) is 8.60. The predicted octanol–water partition coefficient (Wildman–Crippen LogP) is 2.25. The van der Waals surface area contributed by atoms with Crippen LogP contribution >= 0.6 is 0 Å². The van der Waals surface area contributed by atoms with E-state index in [0.29, 0.717) is 30.1 Å². The summed E-state index contributed by atoms with van der Waals surface area (Å²) in [7, 11) is 0. The number of carbonyl (C=O) groups is 2. The molecule has 0 aromatic heterocycles. The first-order chi connectivity index (χ1) is 12.9. The number of hydrogen-bond acceptors (Lipinski definition) is 5. The molecule has 1 saturated heterocycles. The number of carbonyl (C=O) groups excluding carboxylic acids is 2. The Hall–Kier alpha value is -2.57. The van der Waals surface area contributed by atoms with Gasteiger partial charge in [0.25, 0.3) is 0 Å². The molecule has 2 amide bonds. The summed E-state index contributed by atoms with van der Waals surface area (Å²) < 4.78 is 5.40. The summed E-state index contributed by atoms with van der Waals surface area (Å²) in [6, 6.07) is 6.46. The van der Waals surface area contributed by atoms with Gasteiger partial charge < -0.3 is 15.0 Å². The fourth-order valence-electron chi connectivity index (χ4n) is 3.75. The summed E-state index contributed by atoms with van der Waals surface area (Å²) in [4.78, 5) is 31.4. The maximum Gasteiger partial charge on any atom is 0.249 e. The van der Waals surface area contributed by atoms with Crippen LogP contribution in [-0.2, 0) is 9.59 Å². The maximum atomic E-state index is 12.6. The van der Waals surface area contributed by atoms with Crippen molar-refractivity contribution in [2.45, 2.75) is 39.7 Å². The zero-order valence-electron chi connectivity index (χ0n) is 16.2. The Labute approximate surface area is 160 Å². The minimum absolute atomic E-state index is 0.0608. The van der Waals surface area contributed by atoms with Crippen molar-refractivity contribution < 1.29 is 14.3 Å². The molecule has 1 aromatic rings. The number of anilines is 1. The van der Waals surface area contributed by atoms with E-state index in [1.165, 1.54) is 6.42 Å². The number of nitrogens with zero attached hydrogens (tertiary/aromatic N) is 2. The maximum absolute atomic E-state index is 12.6. The molecule has 0 radical (unpaired) electrons. The molecule has 0 spiro atoms. The molecule has 1 aromatic carbocycles. The fraction of sp³-hybridized carbons (Fsp3) is 0.550. The molecule has 2 N–H and O–H groups in total. The topological polar surface area (TPSA) is 83.0 Å². The minimum atomic E-state index is -0.715. The van der Waals surface area contributed by atoms with Gasteiger partial charge in [-0.25, -0.2) is 4.99 Å². The highest BCUT2D eigenvalue weighted by Crippen LogP contribution is 2.22. The average Bonchev–Trinajstić information content (AvgIpc) is 2.62. The van der Waals surface area contributed by atoms with Gasteiger partial charge in [-0.2, -0.15) is 0 Å². The second-order valence-electron chi connectivity index (χ2n) is 7.52. The molecule has 7 nitrogen and oxygen atoms in total. The van der Waals surface area contributed by atoms with Crippen molar-refractivity contribution in [3.63, 3.8) is 0 Å². The molecule has 0 bridgehead atoms. The van der Waals surface area contributed by atoms with Crippen LogP contribution in [0.3, 0.4) is 0 Å². The standard InChI is InChI=1S/C20H28N4O3/c1-4-27-16-7-5-15(6-8-16)21-19(26)17-10-18(25)23-20(22-17)24-11-13(2)9-14(3)12-24/h5-8,13-14,17H,4,9-12H2,1-3H3,(H,21,26)(H,22,23,25)/t13-,14-,17+/m1/s1. The van der Waals surface area contributed by atoms with E-state index < -0.39 is 6.04 Å². The molecule has 0 aliphatic carbocycles. The molecule has 146 valence electrons. The van der Waals surface area contributed by atoms with Gasteiger partial charge in [-0.15, -0.1) is 0 Å². The van der Waals surface area contributed by atoms with Gasteiger partial charge in [-0.1, -0.05) is 13.8 Å². The lowest BCUT2D eigenvalue weighted by Gasteiger charge is -2.38. The highest BCUT2D eigenvalue weighted by molar-refractivity contribution is 6.06. The van der Waals surface area contributed by atoms with Crippen molar-refractivity contribution in [1.29, 1.82) is 0 Å². The van der Waals surface area contributed by atoms with Gasteiger partial charge in [0.05, 0.1) is 13.0 Å². The highest BCUT2D eigenvalue weighted by atomic mass is 16.5. The van der Waals surface area contributed by atoms with E-state index >= 15 is 0 Å². The molecule has 0 unspecified atom stereocenters. The van der Waals surface area contributed by atoms with Crippen LogP contribution in [0.4, 0.5) is 5.69 Å². The smallest absolute Gasteiger partial charge is 0.249 e. The number of guanidine groups is 1. The lowest BCUT2D eigenvalue weighted by atomic mass is 9.92. The van der Waals surface area contributed by atoms with E-state index in [0.717, 1.165) is 18.8 Å². The van der Waals surface area contributed by atoms with E-state index in [9.17, 15) is 9.59 Å². The third-order valence-electron chi connectivity index (χ3n) is 4.81. The summed E-state index contributed by atoms with van der Waals surface area (Å²) in [6.07, 6.45) is 1.23. The van der Waals surface area contributed by atoms with Crippen LogP contribution in [0.2, 0.25) is 0 Å². The van der Waals surface area contributed by atoms with Crippen molar-refractivity contribution >= 4 is 23.5 Å². The van der Waals surface area contributed by atoms with Gasteiger partial charge in [0, 0.05) is 18.8 Å². The average molecular weight is 372 g/mol. The van der Waals surface area contributed by atoms with Crippen molar-refractivity contribution in [3.05, 3.63) is 24.3 Å². The third kappa shape index (κ3) is 4.99. The van der Waals surface area contributed by atoms with E-state index in [2.05, 4.69) is 34.4 Å². The number of ether oxygens (including phenoxy) is 1. The molecule has 0 saturated carbocycles. The first-order valence-corrected chi connectivity index (χ1v) is 9.61. The first-order valence-electron chi connectivity index (χ1n) is 9.61. The summed E-state index contributed by atoms with van der Waals surface area (Å²) in [5.41, 5.74) is 0.659. The second kappa shape index (κ2) is 8.41. The van der Waals surface area contributed by atoms with Gasteiger partial charge in [-0.3, -0.25) is 14.9 Å². The second-order valence-corrected chi connectivity index (χ2v) is 7.52. The number of nitrogens with one attached hydrogen (secondary N) is 2. The Balaban J connectivity index is 1.68. The number of piperidine rings is 1. The van der Waals surface area contributed by atoms with Crippen molar-refractivity contribution in [1.82, 2.24) is 10.2 Å². The van der Waals surface area contributed by atoms with Gasteiger partial charge in [-0.05, 0) is 49.4 Å². The lowest BCUT2D eigenvalue weighted by molar-refractivity contribution is -0.125. The van der Waals surface area contributed by atoms with E-state index in [4.69, 9.17) is 4.74 Å². The van der Waals surface area contributed by atoms with Crippen LogP contribution in [0, 0.1) is 11.8 Å². The van der Waals surface area contributed by atoms with Crippen LogP contribution in [0.5, 0.6) is 5.75 Å². The van der Waals surface area contributed by atoms with Crippen LogP contribution in [0.15, 0.2) is 29.3 Å². The number of rotatable bonds is 4. The number of amides is 2. The molecule has 1 fully saturated rings. The Kier molecular flexibility index (Phi) is 5.98. The van der Waals surface area contributed by atoms with Crippen LogP contribution in [-0.4, -0.2) is 48.4 Å². The summed E-state index contributed by atoms with van der Waals surface area (Å²) >= 11 is 0. The number of benzene rings is 1. The van der Waals surface area contributed by atoms with E-state index in [1.54, 1.807) is 24.3 Å². The molecule has 2 heterocycles. The zero-order valence-corrected chi connectivity index (χ0v) is 16.2. The SMILES string of the molecule is CCOc1ccc(NC(=O)[C@@H]2CC(=O)NC(N3C[C@H](C)C[C@@H](C)C3)=N2)cc1. The number of aliphatic imine (C=N–C) groups is 1. The quantitative estimate of drug-likeness (QED) is 0.849. The van der Waals surface area contributed by atoms with Gasteiger partial charge in [0.1, 0.15) is 11.8 Å². The number of hydrogen-bond donors (Lipinski definition) is 2. The van der Waals surface area contributed by atoms with Gasteiger partial charge in [0.2, 0.25) is 17.8 Å². The Morgan fingerprint density at radius 2 is 1.93 bits per heavy atom. The highest BCUT2D eigenvalue weighted by Gasteiger charge is 2.32. The normalized spacial score (nSPS) is 25.4. The van der Waals surface area contributed by atoms with Gasteiger partial charge >= 0.3 is 0 Å². The van der Waals surface area contributed by atoms with Crippen molar-refractivity contribution in [3.8, 4) is 5.75 Å². The first kappa shape index (κ1) is 19.2. The van der Waals surface area contributed by atoms with Gasteiger partial charge in [0.15, 0.2) is 0 Å². The molecular formula is C20H28N4O3. The minimum Gasteiger partial charge on any atom is -0.494 e. The molecular weight excluding hydrogens is 344 g/mol. The molecule has 3 atom stereocenters. The van der Waals surface area contributed by atoms with E-state index in [1.807, 2.05) is 6.92 Å². The van der Waals surface area contributed by atoms with Crippen molar-refractivity contribution in [2.75, 3.05) is 25.0 Å². The monoisotopic (exact) mass is 372 g/mol. The predicted molar refractivity (Wildman–Crippen MR) is 105 cm³/mol. The summed E-state index contributed by atoms with van der Waals surface area (Å²) in [5.74, 6) is 1.90. The molecule has 27 heavy (non-hydrogen) atoms. The molecule has 3 rings (SSSR count). The zero-order chi connectivity index (χ0) is 19.4. The molecule has 2 aliphatic heterocycles. The van der Waals surface area contributed by atoms with Crippen molar-refractivity contribution in [2.24, 2.45) is 16.8 Å². The summed E-state index contributed by atoms with van der Waals surface area (Å²) in [5, 5.41) is 5.68. The van der Waals surface area contributed by atoms with Crippen LogP contribution in [0.25, 0.3) is 0 Å². The third-order valence-corrected chi connectivity index (χ3v) is 4.81. The molecule has 2 aliphatic rings. The lowest BCUT2D eigenvalue weighted by Crippen LogP contribution is -2.54. The fourth-order valence-corrected chi connectivity index (χ4v) is 3.75. The molecule has 7 heteroatoms. The van der Waals surface area contributed by atoms with Crippen LogP contribution < -0.4 is 15.4 Å². The Morgan fingerprint density at radius 1 is 1.26 bits per heavy atom. The van der Waals surface area contributed by atoms with E-state index in [-0.39, 0.29) is 18.2 Å². The van der Waals surface area contributed by atoms with Crippen LogP contribution in [0.1, 0.15) is 33.6 Å². The largest absolute Gasteiger partial charge is 0.494 e. The number of likely N-dealkylation sites (tertiary alicyclic amines) is 1. The Bertz CT molecular complexity index is 706.